The molecule has 1 N–H and O–H groups in total. The number of halogens is 6. The average Bonchev–Trinajstić information content (AvgIpc) is 3.43. The number of rotatable bonds is 4. The number of piperazine rings is 1. The minimum atomic E-state index is -4.56. The summed E-state index contributed by atoms with van der Waals surface area (Å²) >= 11 is 5.87. The third kappa shape index (κ3) is 5.49. The summed E-state index contributed by atoms with van der Waals surface area (Å²) < 4.78 is 73.8. The van der Waals surface area contributed by atoms with Crippen molar-refractivity contribution in [3.8, 4) is 0 Å². The Balaban J connectivity index is 1.41. The Kier molecular flexibility index (Phi) is 6.68. The molecule has 2 aliphatic rings. The second-order valence-electron chi connectivity index (χ2n) is 10.5. The van der Waals surface area contributed by atoms with Crippen LogP contribution < -0.4 is 10.2 Å². The Morgan fingerprint density at radius 3 is 2.54 bits per heavy atom. The predicted octanol–water partition coefficient (Wildman–Crippen LogP) is 6.00. The molecule has 39 heavy (non-hydrogen) atoms. The van der Waals surface area contributed by atoms with Crippen molar-refractivity contribution in [1.82, 2.24) is 19.9 Å². The molecule has 2 atom stereocenters. The van der Waals surface area contributed by atoms with Crippen LogP contribution in [0.15, 0.2) is 24.5 Å². The number of nitrogens with one attached hydrogen (secondary N) is 1. The maximum atomic E-state index is 15.2. The predicted molar refractivity (Wildman–Crippen MR) is 134 cm³/mol. The third-order valence-corrected chi connectivity index (χ3v) is 6.90. The van der Waals surface area contributed by atoms with Crippen LogP contribution in [-0.2, 0) is 11.2 Å². The molecule has 8 nitrogen and oxygen atoms in total. The average molecular weight is 571 g/mol. The molecule has 0 spiro atoms. The maximum absolute atomic E-state index is 15.2. The Hall–Kier alpha value is -3.48. The number of fused-ring (bicyclic) bond motifs is 3. The van der Waals surface area contributed by atoms with Crippen LogP contribution in [-0.4, -0.2) is 62.9 Å². The van der Waals surface area contributed by atoms with Crippen LogP contribution in [0.1, 0.15) is 32.8 Å². The summed E-state index contributed by atoms with van der Waals surface area (Å²) in [5, 5.41) is 2.03. The monoisotopic (exact) mass is 570 g/mol. The minimum absolute atomic E-state index is 0.0134. The van der Waals surface area contributed by atoms with E-state index in [0.717, 1.165) is 18.5 Å². The van der Waals surface area contributed by atoms with Gasteiger partial charge in [0.05, 0.1) is 34.7 Å². The Morgan fingerprint density at radius 2 is 1.90 bits per heavy atom. The Morgan fingerprint density at radius 1 is 1.15 bits per heavy atom. The SMILES string of the molecule is CC(C)(C)OC(=O)N1C[C@@H]2C[C@H]1CN2c1nc2c(Nc3ccc(CC(F)(F)F)c(Cl)c3F)ncnc2cc1F. The van der Waals surface area contributed by atoms with Crippen LogP contribution >= 0.6 is 11.6 Å². The van der Waals surface area contributed by atoms with Crippen molar-refractivity contribution in [2.45, 2.75) is 57.5 Å². The molecule has 2 saturated heterocycles. The van der Waals surface area contributed by atoms with E-state index in [-0.39, 0.29) is 40.4 Å². The zero-order valence-electron chi connectivity index (χ0n) is 21.1. The van der Waals surface area contributed by atoms with Gasteiger partial charge in [0, 0.05) is 19.2 Å². The van der Waals surface area contributed by atoms with Gasteiger partial charge in [0.1, 0.15) is 17.4 Å². The fourth-order valence-electron chi connectivity index (χ4n) is 4.88. The first-order valence-corrected chi connectivity index (χ1v) is 12.5. The number of aromatic nitrogens is 3. The normalized spacial score (nSPS) is 19.2. The lowest BCUT2D eigenvalue weighted by Gasteiger charge is -2.35. The number of nitrogens with zero attached hydrogens (tertiary/aromatic N) is 5. The van der Waals surface area contributed by atoms with Gasteiger partial charge in [0.2, 0.25) is 0 Å². The second kappa shape index (κ2) is 9.61. The number of hydrogen-bond donors (Lipinski definition) is 1. The molecule has 1 aromatic carbocycles. The standard InChI is InChI=1S/C25H24ClF5N6O2/c1-24(2,3)39-23(38)37-10-13-6-14(37)9-36(13)22-15(27)7-17-20(35-22)21(33-11-32-17)34-16-5-4-12(8-25(29,30)31)18(26)19(16)28/h4-5,7,11,13-14H,6,8-10H2,1-3H3,(H,32,33,34)/t13-,14-/m0/s1. The van der Waals surface area contributed by atoms with Crippen molar-refractivity contribution in [2.24, 2.45) is 0 Å². The molecule has 0 aliphatic carbocycles. The van der Waals surface area contributed by atoms with Crippen LogP contribution in [0.25, 0.3) is 11.0 Å². The smallest absolute Gasteiger partial charge is 0.410 e. The number of likely N-dealkylation sites (tertiary alicyclic amines) is 1. The highest BCUT2D eigenvalue weighted by molar-refractivity contribution is 6.31. The van der Waals surface area contributed by atoms with Crippen LogP contribution in [0.2, 0.25) is 5.02 Å². The van der Waals surface area contributed by atoms with Crippen molar-refractivity contribution in [3.63, 3.8) is 0 Å². The highest BCUT2D eigenvalue weighted by Gasteiger charge is 2.47. The number of ether oxygens (including phenoxy) is 1. The number of carbonyl (C=O) groups is 1. The quantitative estimate of drug-likeness (QED) is 0.385. The van der Waals surface area contributed by atoms with Gasteiger partial charge in [-0.3, -0.25) is 0 Å². The lowest BCUT2D eigenvalue weighted by atomic mass is 10.1. The van der Waals surface area contributed by atoms with Gasteiger partial charge in [-0.05, 0) is 38.8 Å². The van der Waals surface area contributed by atoms with Crippen LogP contribution in [0.4, 0.5) is 44.1 Å². The first-order valence-electron chi connectivity index (χ1n) is 12.1. The molecule has 14 heteroatoms. The highest BCUT2D eigenvalue weighted by atomic mass is 35.5. The maximum Gasteiger partial charge on any atom is 0.410 e. The highest BCUT2D eigenvalue weighted by Crippen LogP contribution is 2.38. The number of alkyl halides is 3. The van der Waals surface area contributed by atoms with Crippen molar-refractivity contribution in [3.05, 3.63) is 46.7 Å². The summed E-state index contributed by atoms with van der Waals surface area (Å²) in [6.07, 6.45) is -4.63. The van der Waals surface area contributed by atoms with Crippen LogP contribution in [0, 0.1) is 11.6 Å². The summed E-state index contributed by atoms with van der Waals surface area (Å²) in [5.74, 6) is -1.68. The summed E-state index contributed by atoms with van der Waals surface area (Å²) in [6.45, 7) is 6.02. The van der Waals surface area contributed by atoms with E-state index in [0.29, 0.717) is 19.5 Å². The number of carbonyl (C=O) groups excluding carboxylic acids is 1. The molecule has 2 aliphatic heterocycles. The molecule has 0 saturated carbocycles. The van der Waals surface area contributed by atoms with Gasteiger partial charge in [0.25, 0.3) is 0 Å². The molecule has 2 bridgehead atoms. The van der Waals surface area contributed by atoms with Crippen molar-refractivity contribution < 1.29 is 31.5 Å². The lowest BCUT2D eigenvalue weighted by Crippen LogP contribution is -2.50. The van der Waals surface area contributed by atoms with E-state index in [1.807, 2.05) is 0 Å². The van der Waals surface area contributed by atoms with Crippen LogP contribution in [0.5, 0.6) is 0 Å². The molecule has 1 amide bonds. The summed E-state index contributed by atoms with van der Waals surface area (Å²) in [7, 11) is 0. The third-order valence-electron chi connectivity index (χ3n) is 6.49. The van der Waals surface area contributed by atoms with Gasteiger partial charge in [0.15, 0.2) is 23.3 Å². The molecule has 5 rings (SSSR count). The van der Waals surface area contributed by atoms with E-state index in [2.05, 4.69) is 20.3 Å². The number of anilines is 3. The minimum Gasteiger partial charge on any atom is -0.444 e. The van der Waals surface area contributed by atoms with E-state index >= 15 is 4.39 Å². The van der Waals surface area contributed by atoms with Gasteiger partial charge in [-0.15, -0.1) is 0 Å². The van der Waals surface area contributed by atoms with Gasteiger partial charge in [-0.1, -0.05) is 17.7 Å². The van der Waals surface area contributed by atoms with Gasteiger partial charge < -0.3 is 19.9 Å². The second-order valence-corrected chi connectivity index (χ2v) is 10.9. The molecular formula is C25H24ClF5N6O2. The molecule has 208 valence electrons. The first kappa shape index (κ1) is 27.1. The molecular weight excluding hydrogens is 547 g/mol. The van der Waals surface area contributed by atoms with Crippen molar-refractivity contribution >= 4 is 46.1 Å². The lowest BCUT2D eigenvalue weighted by molar-refractivity contribution is -0.127. The number of pyridine rings is 1. The number of amides is 1. The zero-order valence-corrected chi connectivity index (χ0v) is 21.9. The van der Waals surface area contributed by atoms with Gasteiger partial charge >= 0.3 is 12.3 Å². The van der Waals surface area contributed by atoms with E-state index in [9.17, 15) is 22.4 Å². The summed E-state index contributed by atoms with van der Waals surface area (Å²) in [4.78, 5) is 28.5. The van der Waals surface area contributed by atoms with Gasteiger partial charge in [-0.2, -0.15) is 13.2 Å². The van der Waals surface area contributed by atoms with Crippen molar-refractivity contribution in [1.29, 1.82) is 0 Å². The Bertz CT molecular complexity index is 1450. The van der Waals surface area contributed by atoms with E-state index in [1.54, 1.807) is 30.6 Å². The van der Waals surface area contributed by atoms with Crippen LogP contribution in [0.3, 0.4) is 0 Å². The molecule has 2 fully saturated rings. The summed E-state index contributed by atoms with van der Waals surface area (Å²) in [6, 6.07) is 2.99. The fraction of sp³-hybridized carbons (Fsp3) is 0.440. The molecule has 4 heterocycles. The largest absolute Gasteiger partial charge is 0.444 e. The zero-order chi connectivity index (χ0) is 28.3. The van der Waals surface area contributed by atoms with E-state index in [4.69, 9.17) is 16.3 Å². The topological polar surface area (TPSA) is 83.5 Å². The van der Waals surface area contributed by atoms with E-state index < -0.39 is 46.5 Å². The summed E-state index contributed by atoms with van der Waals surface area (Å²) in [5.41, 5.74) is -1.03. The fourth-order valence-corrected chi connectivity index (χ4v) is 5.11. The van der Waals surface area contributed by atoms with Gasteiger partial charge in [-0.25, -0.2) is 28.5 Å². The number of hydrogen-bond acceptors (Lipinski definition) is 7. The molecule has 3 aromatic rings. The number of benzene rings is 1. The molecule has 2 aromatic heterocycles. The molecule has 0 radical (unpaired) electrons. The van der Waals surface area contributed by atoms with E-state index in [1.165, 1.54) is 6.07 Å². The first-order chi connectivity index (χ1) is 18.2. The Labute approximate surface area is 225 Å². The van der Waals surface area contributed by atoms with Crippen molar-refractivity contribution in [2.75, 3.05) is 23.3 Å². The molecule has 0 unspecified atom stereocenters.